The summed E-state index contributed by atoms with van der Waals surface area (Å²) >= 11 is 0. The lowest BCUT2D eigenvalue weighted by Gasteiger charge is -1.98. The zero-order valence-corrected chi connectivity index (χ0v) is 10.3. The van der Waals surface area contributed by atoms with Crippen molar-refractivity contribution in [3.05, 3.63) is 53.4 Å². The number of phenolic OH excluding ortho intramolecular Hbond substituents is 1. The molecule has 2 aromatic rings. The van der Waals surface area contributed by atoms with E-state index in [2.05, 4.69) is 5.10 Å². The molecule has 4 nitrogen and oxygen atoms in total. The number of aromatic nitrogens is 2. The van der Waals surface area contributed by atoms with Gasteiger partial charge in [0.05, 0.1) is 11.3 Å². The number of rotatable bonds is 3. The highest BCUT2D eigenvalue weighted by molar-refractivity contribution is 6.08. The molecule has 0 unspecified atom stereocenters. The molecule has 0 aliphatic rings. The maximum absolute atomic E-state index is 11.9. The third-order valence-corrected chi connectivity index (χ3v) is 2.64. The van der Waals surface area contributed by atoms with Gasteiger partial charge in [-0.15, -0.1) is 0 Å². The van der Waals surface area contributed by atoms with Crippen molar-refractivity contribution in [3.8, 4) is 5.75 Å². The van der Waals surface area contributed by atoms with Gasteiger partial charge in [0.2, 0.25) is 0 Å². The Morgan fingerprint density at radius 3 is 2.72 bits per heavy atom. The quantitative estimate of drug-likeness (QED) is 0.664. The highest BCUT2D eigenvalue weighted by Crippen LogP contribution is 2.17. The molecular formula is C14H14N2O2. The summed E-state index contributed by atoms with van der Waals surface area (Å²) in [5, 5.41) is 13.7. The first-order chi connectivity index (χ1) is 8.58. The third-order valence-electron chi connectivity index (χ3n) is 2.64. The van der Waals surface area contributed by atoms with Crippen molar-refractivity contribution >= 4 is 11.9 Å². The summed E-state index contributed by atoms with van der Waals surface area (Å²) in [4.78, 5) is 11.9. The monoisotopic (exact) mass is 242 g/mol. The van der Waals surface area contributed by atoms with E-state index in [1.54, 1.807) is 29.0 Å². The predicted octanol–water partition coefficient (Wildman–Crippen LogP) is 2.33. The molecule has 1 aromatic heterocycles. The fraction of sp³-hybridized carbons (Fsp3) is 0.143. The molecular weight excluding hydrogens is 228 g/mol. The summed E-state index contributed by atoms with van der Waals surface area (Å²) in [5.41, 5.74) is 2.05. The lowest BCUT2D eigenvalue weighted by molar-refractivity contribution is 0.104. The summed E-state index contributed by atoms with van der Waals surface area (Å²) < 4.78 is 1.69. The van der Waals surface area contributed by atoms with Crippen LogP contribution in [0.25, 0.3) is 6.08 Å². The number of phenols is 1. The van der Waals surface area contributed by atoms with E-state index in [-0.39, 0.29) is 11.5 Å². The van der Waals surface area contributed by atoms with Crippen LogP contribution in [-0.4, -0.2) is 20.7 Å². The van der Waals surface area contributed by atoms with E-state index in [0.717, 1.165) is 11.3 Å². The smallest absolute Gasteiger partial charge is 0.189 e. The molecule has 0 saturated carbocycles. The first kappa shape index (κ1) is 12.1. The van der Waals surface area contributed by atoms with Crippen LogP contribution in [0.4, 0.5) is 0 Å². The van der Waals surface area contributed by atoms with Crippen LogP contribution in [0.15, 0.2) is 36.5 Å². The van der Waals surface area contributed by atoms with Crippen LogP contribution in [0.3, 0.4) is 0 Å². The largest absolute Gasteiger partial charge is 0.507 e. The molecule has 92 valence electrons. The fourth-order valence-corrected chi connectivity index (χ4v) is 1.72. The normalized spacial score (nSPS) is 11.0. The molecule has 4 heteroatoms. The molecule has 0 atom stereocenters. The SMILES string of the molecule is Cc1nn(C)cc1C=CC(=O)c1ccccc1O. The number of aryl methyl sites for hydroxylation is 2. The van der Waals surface area contributed by atoms with Crippen LogP contribution in [0.1, 0.15) is 21.6 Å². The van der Waals surface area contributed by atoms with Crippen molar-refractivity contribution in [2.24, 2.45) is 7.05 Å². The van der Waals surface area contributed by atoms with Crippen molar-refractivity contribution < 1.29 is 9.90 Å². The Morgan fingerprint density at radius 1 is 1.39 bits per heavy atom. The topological polar surface area (TPSA) is 55.1 Å². The average molecular weight is 242 g/mol. The second-order valence-electron chi connectivity index (χ2n) is 4.06. The van der Waals surface area contributed by atoms with Gasteiger partial charge in [-0.1, -0.05) is 12.1 Å². The van der Waals surface area contributed by atoms with E-state index in [9.17, 15) is 9.90 Å². The van der Waals surface area contributed by atoms with Gasteiger partial charge >= 0.3 is 0 Å². The van der Waals surface area contributed by atoms with Crippen molar-refractivity contribution in [3.63, 3.8) is 0 Å². The number of hydrogen-bond donors (Lipinski definition) is 1. The van der Waals surface area contributed by atoms with Gasteiger partial charge in [0, 0.05) is 18.8 Å². The highest BCUT2D eigenvalue weighted by Gasteiger charge is 2.07. The van der Waals surface area contributed by atoms with E-state index >= 15 is 0 Å². The molecule has 1 N–H and O–H groups in total. The van der Waals surface area contributed by atoms with Crippen molar-refractivity contribution in [1.82, 2.24) is 9.78 Å². The van der Waals surface area contributed by atoms with Crippen LogP contribution in [0.2, 0.25) is 0 Å². The van der Waals surface area contributed by atoms with Gasteiger partial charge in [-0.05, 0) is 31.2 Å². The summed E-state index contributed by atoms with van der Waals surface area (Å²) in [6, 6.07) is 6.49. The Balaban J connectivity index is 2.22. The number of carbonyl (C=O) groups excluding carboxylic acids is 1. The summed E-state index contributed by atoms with van der Waals surface area (Å²) in [6.07, 6.45) is 4.99. The van der Waals surface area contributed by atoms with Crippen LogP contribution >= 0.6 is 0 Å². The Hall–Kier alpha value is -2.36. The standard InChI is InChI=1S/C14H14N2O2/c1-10-11(9-16(2)15-10)7-8-14(18)12-5-3-4-6-13(12)17/h3-9,17H,1-2H3. The van der Waals surface area contributed by atoms with Gasteiger partial charge in [0.25, 0.3) is 0 Å². The lowest BCUT2D eigenvalue weighted by atomic mass is 10.1. The number of aromatic hydroxyl groups is 1. The molecule has 0 fully saturated rings. The number of ketones is 1. The Kier molecular flexibility index (Phi) is 3.28. The number of carbonyl (C=O) groups is 1. The minimum atomic E-state index is -0.226. The highest BCUT2D eigenvalue weighted by atomic mass is 16.3. The molecule has 0 amide bonds. The first-order valence-corrected chi connectivity index (χ1v) is 5.58. The number of allylic oxidation sites excluding steroid dienone is 1. The van der Waals surface area contributed by atoms with Gasteiger partial charge in [-0.25, -0.2) is 0 Å². The number of hydrogen-bond acceptors (Lipinski definition) is 3. The zero-order valence-electron chi connectivity index (χ0n) is 10.3. The number of para-hydroxylation sites is 1. The van der Waals surface area contributed by atoms with Gasteiger partial charge in [0.15, 0.2) is 5.78 Å². The molecule has 2 rings (SSSR count). The second kappa shape index (κ2) is 4.87. The van der Waals surface area contributed by atoms with Crippen LogP contribution in [0.5, 0.6) is 5.75 Å². The van der Waals surface area contributed by atoms with Crippen LogP contribution in [-0.2, 0) is 7.05 Å². The van der Waals surface area contributed by atoms with Gasteiger partial charge in [-0.2, -0.15) is 5.10 Å². The number of nitrogens with zero attached hydrogens (tertiary/aromatic N) is 2. The molecule has 0 radical (unpaired) electrons. The zero-order chi connectivity index (χ0) is 13.1. The first-order valence-electron chi connectivity index (χ1n) is 5.58. The maximum Gasteiger partial charge on any atom is 0.189 e. The maximum atomic E-state index is 11.9. The van der Waals surface area contributed by atoms with Crippen molar-refractivity contribution in [2.75, 3.05) is 0 Å². The van der Waals surface area contributed by atoms with Crippen molar-refractivity contribution in [2.45, 2.75) is 6.92 Å². The van der Waals surface area contributed by atoms with Crippen LogP contribution < -0.4 is 0 Å². The molecule has 0 aliphatic carbocycles. The minimum absolute atomic E-state index is 0.00458. The summed E-state index contributed by atoms with van der Waals surface area (Å²) in [6.45, 7) is 1.88. The van der Waals surface area contributed by atoms with Crippen molar-refractivity contribution in [1.29, 1.82) is 0 Å². The van der Waals surface area contributed by atoms with Gasteiger partial charge in [-0.3, -0.25) is 9.48 Å². The fourth-order valence-electron chi connectivity index (χ4n) is 1.72. The summed E-state index contributed by atoms with van der Waals surface area (Å²) in [7, 11) is 1.83. The molecule has 0 bridgehead atoms. The van der Waals surface area contributed by atoms with Gasteiger partial charge < -0.3 is 5.11 Å². The lowest BCUT2D eigenvalue weighted by Crippen LogP contribution is -1.94. The molecule has 1 heterocycles. The Bertz CT molecular complexity index is 612. The second-order valence-corrected chi connectivity index (χ2v) is 4.06. The Morgan fingerprint density at radius 2 is 2.11 bits per heavy atom. The average Bonchev–Trinajstić information content (AvgIpc) is 2.65. The van der Waals surface area contributed by atoms with E-state index in [0.29, 0.717) is 5.56 Å². The molecule has 1 aromatic carbocycles. The third kappa shape index (κ3) is 2.48. The molecule has 0 saturated heterocycles. The van der Waals surface area contributed by atoms with E-state index in [1.807, 2.05) is 20.2 Å². The van der Waals surface area contributed by atoms with Gasteiger partial charge in [0.1, 0.15) is 5.75 Å². The minimum Gasteiger partial charge on any atom is -0.507 e. The van der Waals surface area contributed by atoms with E-state index < -0.39 is 0 Å². The Labute approximate surface area is 105 Å². The summed E-state index contributed by atoms with van der Waals surface area (Å²) in [5.74, 6) is -0.230. The molecule has 0 aliphatic heterocycles. The number of benzene rings is 1. The molecule has 18 heavy (non-hydrogen) atoms. The van der Waals surface area contributed by atoms with Crippen LogP contribution in [0, 0.1) is 6.92 Å². The predicted molar refractivity (Wildman–Crippen MR) is 69.4 cm³/mol. The van der Waals surface area contributed by atoms with E-state index in [1.165, 1.54) is 12.1 Å². The molecule has 0 spiro atoms. The van der Waals surface area contributed by atoms with E-state index in [4.69, 9.17) is 0 Å².